The molecule has 1 unspecified atom stereocenters. The number of hydrogen-bond acceptors (Lipinski definition) is 2. The standard InChI is InChI=1S/C22H22N2/c1-24-14-11-22(18-5-3-2-4-6-18)21-8-7-19(15-20(21)16-24)17-9-12-23-13-10-17/h2-10,12-13,15,22H,11,14,16H2,1H3. The van der Waals surface area contributed by atoms with E-state index in [9.17, 15) is 0 Å². The maximum atomic E-state index is 4.13. The predicted octanol–water partition coefficient (Wildman–Crippen LogP) is 4.72. The van der Waals surface area contributed by atoms with Crippen molar-refractivity contribution in [3.63, 3.8) is 0 Å². The molecule has 0 amide bonds. The zero-order chi connectivity index (χ0) is 16.4. The normalized spacial score (nSPS) is 18.0. The molecule has 0 aliphatic carbocycles. The van der Waals surface area contributed by atoms with Crippen molar-refractivity contribution in [1.29, 1.82) is 0 Å². The molecule has 1 aliphatic heterocycles. The number of hydrogen-bond donors (Lipinski definition) is 0. The average Bonchev–Trinajstić information content (AvgIpc) is 2.80. The van der Waals surface area contributed by atoms with Crippen LogP contribution in [0.5, 0.6) is 0 Å². The van der Waals surface area contributed by atoms with Gasteiger partial charge in [0.2, 0.25) is 0 Å². The van der Waals surface area contributed by atoms with Gasteiger partial charge >= 0.3 is 0 Å². The first kappa shape index (κ1) is 15.1. The van der Waals surface area contributed by atoms with Gasteiger partial charge < -0.3 is 4.90 Å². The molecule has 0 spiro atoms. The lowest BCUT2D eigenvalue weighted by atomic mass is 9.85. The number of pyridine rings is 1. The summed E-state index contributed by atoms with van der Waals surface area (Å²) in [7, 11) is 2.22. The zero-order valence-electron chi connectivity index (χ0n) is 14.0. The van der Waals surface area contributed by atoms with Crippen molar-refractivity contribution in [3.05, 3.63) is 89.7 Å². The first-order chi connectivity index (χ1) is 11.8. The van der Waals surface area contributed by atoms with E-state index in [1.54, 1.807) is 0 Å². The fourth-order valence-electron chi connectivity index (χ4n) is 3.71. The Kier molecular flexibility index (Phi) is 4.14. The van der Waals surface area contributed by atoms with Gasteiger partial charge in [-0.3, -0.25) is 4.98 Å². The van der Waals surface area contributed by atoms with Crippen LogP contribution in [-0.2, 0) is 6.54 Å². The number of aromatic nitrogens is 1. The van der Waals surface area contributed by atoms with E-state index in [0.717, 1.165) is 13.1 Å². The van der Waals surface area contributed by atoms with Crippen LogP contribution in [0.4, 0.5) is 0 Å². The molecule has 1 aliphatic rings. The molecular formula is C22H22N2. The number of benzene rings is 2. The Morgan fingerprint density at radius 2 is 1.71 bits per heavy atom. The van der Waals surface area contributed by atoms with E-state index in [1.165, 1.54) is 34.2 Å². The van der Waals surface area contributed by atoms with Crippen LogP contribution in [0.25, 0.3) is 11.1 Å². The SMILES string of the molecule is CN1CCC(c2ccccc2)c2ccc(-c3ccncc3)cc2C1. The van der Waals surface area contributed by atoms with Crippen molar-refractivity contribution >= 4 is 0 Å². The van der Waals surface area contributed by atoms with Crippen LogP contribution in [0.2, 0.25) is 0 Å². The molecule has 1 atom stereocenters. The molecule has 0 fully saturated rings. The Bertz CT molecular complexity index is 812. The average molecular weight is 314 g/mol. The van der Waals surface area contributed by atoms with E-state index in [1.807, 2.05) is 12.4 Å². The first-order valence-corrected chi connectivity index (χ1v) is 8.58. The predicted molar refractivity (Wildman–Crippen MR) is 98.9 cm³/mol. The summed E-state index contributed by atoms with van der Waals surface area (Å²) >= 11 is 0. The van der Waals surface area contributed by atoms with Gasteiger partial charge in [0.05, 0.1) is 0 Å². The molecule has 0 N–H and O–H groups in total. The molecule has 0 bridgehead atoms. The van der Waals surface area contributed by atoms with Gasteiger partial charge in [0.25, 0.3) is 0 Å². The quantitative estimate of drug-likeness (QED) is 0.680. The summed E-state index contributed by atoms with van der Waals surface area (Å²) in [5.41, 5.74) is 6.85. The van der Waals surface area contributed by atoms with Gasteiger partial charge in [-0.25, -0.2) is 0 Å². The minimum absolute atomic E-state index is 0.484. The van der Waals surface area contributed by atoms with Crippen molar-refractivity contribution in [3.8, 4) is 11.1 Å². The molecule has 120 valence electrons. The summed E-state index contributed by atoms with van der Waals surface area (Å²) < 4.78 is 0. The summed E-state index contributed by atoms with van der Waals surface area (Å²) in [5.74, 6) is 0.484. The van der Waals surface area contributed by atoms with Crippen molar-refractivity contribution in [2.45, 2.75) is 18.9 Å². The Morgan fingerprint density at radius 3 is 2.50 bits per heavy atom. The van der Waals surface area contributed by atoms with Crippen molar-refractivity contribution in [2.75, 3.05) is 13.6 Å². The third-order valence-electron chi connectivity index (χ3n) is 4.97. The third kappa shape index (κ3) is 2.98. The topological polar surface area (TPSA) is 16.1 Å². The van der Waals surface area contributed by atoms with Crippen LogP contribution in [0, 0.1) is 0 Å². The van der Waals surface area contributed by atoms with Crippen LogP contribution < -0.4 is 0 Å². The van der Waals surface area contributed by atoms with E-state index < -0.39 is 0 Å². The second-order valence-corrected chi connectivity index (χ2v) is 6.64. The van der Waals surface area contributed by atoms with E-state index in [2.05, 4.69) is 77.6 Å². The van der Waals surface area contributed by atoms with E-state index in [0.29, 0.717) is 5.92 Å². The molecular weight excluding hydrogens is 292 g/mol. The first-order valence-electron chi connectivity index (χ1n) is 8.58. The highest BCUT2D eigenvalue weighted by Gasteiger charge is 2.22. The Balaban J connectivity index is 1.79. The summed E-state index contributed by atoms with van der Waals surface area (Å²) in [5, 5.41) is 0. The second-order valence-electron chi connectivity index (χ2n) is 6.64. The molecule has 0 saturated carbocycles. The van der Waals surface area contributed by atoms with Gasteiger partial charge in [-0.15, -0.1) is 0 Å². The summed E-state index contributed by atoms with van der Waals surface area (Å²) in [6, 6.07) is 22.0. The van der Waals surface area contributed by atoms with Crippen LogP contribution in [-0.4, -0.2) is 23.5 Å². The lowest BCUT2D eigenvalue weighted by molar-refractivity contribution is 0.328. The van der Waals surface area contributed by atoms with E-state index in [-0.39, 0.29) is 0 Å². The van der Waals surface area contributed by atoms with Gasteiger partial charge in [-0.05, 0) is 66.0 Å². The molecule has 2 nitrogen and oxygen atoms in total. The van der Waals surface area contributed by atoms with E-state index >= 15 is 0 Å². The van der Waals surface area contributed by atoms with Crippen molar-refractivity contribution < 1.29 is 0 Å². The van der Waals surface area contributed by atoms with Gasteiger partial charge in [-0.1, -0.05) is 42.5 Å². The number of nitrogens with zero attached hydrogens (tertiary/aromatic N) is 2. The Hall–Kier alpha value is -2.45. The van der Waals surface area contributed by atoms with Gasteiger partial charge in [0.15, 0.2) is 0 Å². The third-order valence-corrected chi connectivity index (χ3v) is 4.97. The molecule has 3 aromatic rings. The van der Waals surface area contributed by atoms with Crippen molar-refractivity contribution in [1.82, 2.24) is 9.88 Å². The molecule has 0 saturated heterocycles. The van der Waals surface area contributed by atoms with Gasteiger partial charge in [0, 0.05) is 24.9 Å². The summed E-state index contributed by atoms with van der Waals surface area (Å²) in [6.45, 7) is 2.14. The molecule has 24 heavy (non-hydrogen) atoms. The molecule has 2 heteroatoms. The fraction of sp³-hybridized carbons (Fsp3) is 0.227. The fourth-order valence-corrected chi connectivity index (χ4v) is 3.71. The molecule has 1 aromatic heterocycles. The van der Waals surface area contributed by atoms with Gasteiger partial charge in [-0.2, -0.15) is 0 Å². The van der Waals surface area contributed by atoms with E-state index in [4.69, 9.17) is 0 Å². The van der Waals surface area contributed by atoms with Crippen molar-refractivity contribution in [2.24, 2.45) is 0 Å². The van der Waals surface area contributed by atoms with Crippen LogP contribution in [0.15, 0.2) is 73.1 Å². The molecule has 4 rings (SSSR count). The number of fused-ring (bicyclic) bond motifs is 1. The van der Waals surface area contributed by atoms with Crippen LogP contribution in [0.1, 0.15) is 29.0 Å². The smallest absolute Gasteiger partial charge is 0.0273 e. The highest BCUT2D eigenvalue weighted by atomic mass is 15.1. The maximum Gasteiger partial charge on any atom is 0.0273 e. The lowest BCUT2D eigenvalue weighted by Gasteiger charge is -2.18. The minimum Gasteiger partial charge on any atom is -0.302 e. The maximum absolute atomic E-state index is 4.13. The summed E-state index contributed by atoms with van der Waals surface area (Å²) in [6.07, 6.45) is 4.89. The zero-order valence-corrected chi connectivity index (χ0v) is 14.0. The minimum atomic E-state index is 0.484. The second kappa shape index (κ2) is 6.58. The summed E-state index contributed by atoms with van der Waals surface area (Å²) in [4.78, 5) is 6.56. The molecule has 2 heterocycles. The molecule has 0 radical (unpaired) electrons. The lowest BCUT2D eigenvalue weighted by Crippen LogP contribution is -2.17. The monoisotopic (exact) mass is 314 g/mol. The largest absolute Gasteiger partial charge is 0.302 e. The number of rotatable bonds is 2. The molecule has 2 aromatic carbocycles. The highest BCUT2D eigenvalue weighted by molar-refractivity contribution is 5.65. The highest BCUT2D eigenvalue weighted by Crippen LogP contribution is 2.35. The van der Waals surface area contributed by atoms with Gasteiger partial charge in [0.1, 0.15) is 0 Å². The van der Waals surface area contributed by atoms with Crippen LogP contribution >= 0.6 is 0 Å². The Labute approximate surface area is 143 Å². The Morgan fingerprint density at radius 1 is 0.917 bits per heavy atom. The van der Waals surface area contributed by atoms with Crippen LogP contribution in [0.3, 0.4) is 0 Å².